The highest BCUT2D eigenvalue weighted by Gasteiger charge is 2.24. The number of para-hydroxylation sites is 1. The van der Waals surface area contributed by atoms with Crippen LogP contribution in [0.1, 0.15) is 16.5 Å². The van der Waals surface area contributed by atoms with Gasteiger partial charge in [-0.1, -0.05) is 29.8 Å². The second kappa shape index (κ2) is 6.14. The summed E-state index contributed by atoms with van der Waals surface area (Å²) in [7, 11) is 0. The molecule has 0 amide bonds. The number of halogens is 1. The van der Waals surface area contributed by atoms with Crippen LogP contribution < -0.4 is 10.5 Å². The smallest absolute Gasteiger partial charge is 0.123 e. The monoisotopic (exact) mass is 308 g/mol. The second-order valence-corrected chi connectivity index (χ2v) is 6.22. The summed E-state index contributed by atoms with van der Waals surface area (Å²) in [5, 5.41) is 2.75. The van der Waals surface area contributed by atoms with E-state index in [9.17, 15) is 0 Å². The van der Waals surface area contributed by atoms with Crippen LogP contribution in [0.15, 0.2) is 35.7 Å². The Kier molecular flexibility index (Phi) is 4.27. The van der Waals surface area contributed by atoms with Gasteiger partial charge in [0.2, 0.25) is 0 Å². The van der Waals surface area contributed by atoms with Gasteiger partial charge in [0, 0.05) is 35.5 Å². The van der Waals surface area contributed by atoms with Gasteiger partial charge in [0.25, 0.3) is 0 Å². The third-order valence-corrected chi connectivity index (χ3v) is 4.94. The Morgan fingerprint density at radius 1 is 1.40 bits per heavy atom. The van der Waals surface area contributed by atoms with Gasteiger partial charge in [0.05, 0.1) is 11.1 Å². The lowest BCUT2D eigenvalue weighted by Gasteiger charge is -2.28. The molecule has 0 aliphatic carbocycles. The Hall–Kier alpha value is -1.07. The molecular weight excluding hydrogens is 292 g/mol. The van der Waals surface area contributed by atoms with Crippen LogP contribution in [0.2, 0.25) is 5.02 Å². The number of thiophene rings is 1. The van der Waals surface area contributed by atoms with Crippen molar-refractivity contribution in [1.29, 1.82) is 0 Å². The van der Waals surface area contributed by atoms with E-state index in [-0.39, 0.29) is 6.04 Å². The van der Waals surface area contributed by atoms with E-state index < -0.39 is 0 Å². The van der Waals surface area contributed by atoms with Crippen molar-refractivity contribution in [2.75, 3.05) is 19.7 Å². The predicted octanol–water partition coefficient (Wildman–Crippen LogP) is 3.30. The molecule has 3 rings (SSSR count). The summed E-state index contributed by atoms with van der Waals surface area (Å²) in [5.74, 6) is 0.981. The number of hydrogen-bond donors (Lipinski definition) is 1. The van der Waals surface area contributed by atoms with Crippen molar-refractivity contribution < 1.29 is 4.74 Å². The molecule has 5 heteroatoms. The van der Waals surface area contributed by atoms with Crippen LogP contribution in [0.5, 0.6) is 5.75 Å². The first-order valence-electron chi connectivity index (χ1n) is 6.66. The van der Waals surface area contributed by atoms with Crippen molar-refractivity contribution in [2.24, 2.45) is 5.73 Å². The SMILES string of the molecule is NCC(c1cc(Cl)cs1)N1CCOc2ccccc2C1. The summed E-state index contributed by atoms with van der Waals surface area (Å²) in [6.07, 6.45) is 0. The molecule has 2 heterocycles. The Labute approximate surface area is 127 Å². The van der Waals surface area contributed by atoms with E-state index in [1.165, 1.54) is 10.4 Å². The van der Waals surface area contributed by atoms with Gasteiger partial charge >= 0.3 is 0 Å². The van der Waals surface area contributed by atoms with Crippen molar-refractivity contribution in [1.82, 2.24) is 4.90 Å². The fourth-order valence-electron chi connectivity index (χ4n) is 2.56. The third-order valence-electron chi connectivity index (χ3n) is 3.56. The average Bonchev–Trinajstić information content (AvgIpc) is 2.76. The molecule has 0 bridgehead atoms. The van der Waals surface area contributed by atoms with Gasteiger partial charge in [-0.15, -0.1) is 11.3 Å². The summed E-state index contributed by atoms with van der Waals surface area (Å²) < 4.78 is 5.81. The van der Waals surface area contributed by atoms with Gasteiger partial charge < -0.3 is 10.5 Å². The van der Waals surface area contributed by atoms with E-state index in [0.29, 0.717) is 13.2 Å². The van der Waals surface area contributed by atoms with E-state index in [1.807, 2.05) is 29.6 Å². The van der Waals surface area contributed by atoms with Gasteiger partial charge in [0.15, 0.2) is 0 Å². The first-order valence-corrected chi connectivity index (χ1v) is 7.92. The molecule has 1 unspecified atom stereocenters. The first kappa shape index (κ1) is 13.9. The number of rotatable bonds is 3. The van der Waals surface area contributed by atoms with Crippen LogP contribution in [0, 0.1) is 0 Å². The standard InChI is InChI=1S/C15H17ClN2OS/c16-12-7-15(20-10-12)13(8-17)18-5-6-19-14-4-2-1-3-11(14)9-18/h1-4,7,10,13H,5-6,8-9,17H2. The highest BCUT2D eigenvalue weighted by atomic mass is 35.5. The number of fused-ring (bicyclic) bond motifs is 1. The molecule has 0 spiro atoms. The molecule has 1 aliphatic heterocycles. The molecule has 1 aliphatic rings. The zero-order chi connectivity index (χ0) is 13.9. The lowest BCUT2D eigenvalue weighted by molar-refractivity contribution is 0.175. The number of ether oxygens (including phenoxy) is 1. The number of nitrogens with two attached hydrogens (primary N) is 1. The first-order chi connectivity index (χ1) is 9.78. The molecule has 1 atom stereocenters. The van der Waals surface area contributed by atoms with E-state index in [2.05, 4.69) is 11.0 Å². The van der Waals surface area contributed by atoms with E-state index in [4.69, 9.17) is 22.1 Å². The van der Waals surface area contributed by atoms with Crippen LogP contribution in [-0.2, 0) is 6.54 Å². The van der Waals surface area contributed by atoms with Gasteiger partial charge in [-0.2, -0.15) is 0 Å². The number of nitrogens with zero attached hydrogens (tertiary/aromatic N) is 1. The second-order valence-electron chi connectivity index (χ2n) is 4.85. The van der Waals surface area contributed by atoms with Crippen molar-refractivity contribution in [3.8, 4) is 5.75 Å². The van der Waals surface area contributed by atoms with Crippen LogP contribution in [0.25, 0.3) is 0 Å². The summed E-state index contributed by atoms with van der Waals surface area (Å²) >= 11 is 7.71. The highest BCUT2D eigenvalue weighted by molar-refractivity contribution is 7.10. The van der Waals surface area contributed by atoms with Crippen LogP contribution in [0.4, 0.5) is 0 Å². The lowest BCUT2D eigenvalue weighted by Crippen LogP contribution is -2.34. The average molecular weight is 309 g/mol. The fraction of sp³-hybridized carbons (Fsp3) is 0.333. The van der Waals surface area contributed by atoms with E-state index in [0.717, 1.165) is 23.9 Å². The zero-order valence-electron chi connectivity index (χ0n) is 11.1. The Morgan fingerprint density at radius 2 is 2.25 bits per heavy atom. The maximum Gasteiger partial charge on any atom is 0.123 e. The number of benzene rings is 1. The van der Waals surface area contributed by atoms with E-state index >= 15 is 0 Å². The summed E-state index contributed by atoms with van der Waals surface area (Å²) in [6, 6.07) is 10.4. The molecule has 106 valence electrons. The molecule has 2 N–H and O–H groups in total. The molecular formula is C15H17ClN2OS. The molecule has 1 aromatic heterocycles. The Morgan fingerprint density at radius 3 is 3.00 bits per heavy atom. The van der Waals surface area contributed by atoms with Crippen molar-refractivity contribution in [3.63, 3.8) is 0 Å². The maximum absolute atomic E-state index is 6.04. The van der Waals surface area contributed by atoms with Gasteiger partial charge in [0.1, 0.15) is 12.4 Å². The van der Waals surface area contributed by atoms with Crippen LogP contribution in [-0.4, -0.2) is 24.6 Å². The number of hydrogen-bond acceptors (Lipinski definition) is 4. The molecule has 0 saturated heterocycles. The van der Waals surface area contributed by atoms with Gasteiger partial charge in [-0.3, -0.25) is 4.90 Å². The molecule has 0 radical (unpaired) electrons. The van der Waals surface area contributed by atoms with E-state index in [1.54, 1.807) is 11.3 Å². The third kappa shape index (κ3) is 2.83. The molecule has 0 fully saturated rings. The fourth-order valence-corrected chi connectivity index (χ4v) is 3.79. The molecule has 2 aromatic rings. The zero-order valence-corrected chi connectivity index (χ0v) is 12.7. The molecule has 0 saturated carbocycles. The van der Waals surface area contributed by atoms with Crippen molar-refractivity contribution in [3.05, 3.63) is 51.2 Å². The van der Waals surface area contributed by atoms with Crippen molar-refractivity contribution in [2.45, 2.75) is 12.6 Å². The van der Waals surface area contributed by atoms with Gasteiger partial charge in [-0.25, -0.2) is 0 Å². The largest absolute Gasteiger partial charge is 0.492 e. The minimum atomic E-state index is 0.197. The normalized spacial score (nSPS) is 17.1. The van der Waals surface area contributed by atoms with Crippen LogP contribution >= 0.6 is 22.9 Å². The molecule has 20 heavy (non-hydrogen) atoms. The minimum Gasteiger partial charge on any atom is -0.492 e. The molecule has 1 aromatic carbocycles. The Bertz CT molecular complexity index is 587. The maximum atomic E-state index is 6.04. The lowest BCUT2D eigenvalue weighted by atomic mass is 10.1. The van der Waals surface area contributed by atoms with Crippen LogP contribution in [0.3, 0.4) is 0 Å². The summed E-state index contributed by atoms with van der Waals surface area (Å²) in [5.41, 5.74) is 7.21. The topological polar surface area (TPSA) is 38.5 Å². The minimum absolute atomic E-state index is 0.197. The quantitative estimate of drug-likeness (QED) is 0.945. The highest BCUT2D eigenvalue weighted by Crippen LogP contribution is 2.32. The molecule has 3 nitrogen and oxygen atoms in total. The summed E-state index contributed by atoms with van der Waals surface area (Å²) in [4.78, 5) is 3.59. The van der Waals surface area contributed by atoms with Gasteiger partial charge in [-0.05, 0) is 12.1 Å². The Balaban J connectivity index is 1.86. The predicted molar refractivity (Wildman–Crippen MR) is 83.5 cm³/mol. The summed E-state index contributed by atoms with van der Waals surface area (Å²) in [6.45, 7) is 2.99. The van der Waals surface area contributed by atoms with Crippen molar-refractivity contribution >= 4 is 22.9 Å².